The lowest BCUT2D eigenvalue weighted by Crippen LogP contribution is -2.45. The van der Waals surface area contributed by atoms with Gasteiger partial charge in [0.25, 0.3) is 0 Å². The Hall–Kier alpha value is -0.590. The Bertz CT molecular complexity index is 781. The quantitative estimate of drug-likeness (QED) is 0.420. The summed E-state index contributed by atoms with van der Waals surface area (Å²) in [6.45, 7) is -1.64. The molecule has 0 saturated heterocycles. The molecule has 2 saturated carbocycles. The molecule has 3 nitrogen and oxygen atoms in total. The topological polar surface area (TPSA) is 60.7 Å². The number of allylic oxidation sites excluding steroid dienone is 1. The van der Waals surface area contributed by atoms with Gasteiger partial charge in [-0.05, 0) is 94.3 Å². The summed E-state index contributed by atoms with van der Waals surface area (Å²) in [6, 6.07) is 0. The predicted molar refractivity (Wildman–Crippen MR) is 113 cm³/mol. The minimum absolute atomic E-state index is 0.0287. The zero-order valence-corrected chi connectivity index (χ0v) is 18.2. The molecule has 0 aromatic rings. The van der Waals surface area contributed by atoms with Gasteiger partial charge in [-0.25, -0.2) is 0 Å². The van der Waals surface area contributed by atoms with E-state index in [4.69, 9.17) is 8.22 Å². The summed E-state index contributed by atoms with van der Waals surface area (Å²) in [5, 5.41) is 31.1. The van der Waals surface area contributed by atoms with E-state index in [2.05, 4.69) is 6.92 Å². The number of rotatable bonds is 8. The van der Waals surface area contributed by atoms with Crippen LogP contribution in [0.25, 0.3) is 0 Å². The van der Waals surface area contributed by atoms with Gasteiger partial charge >= 0.3 is 6.18 Å². The highest BCUT2D eigenvalue weighted by molar-refractivity contribution is 5.09. The van der Waals surface area contributed by atoms with E-state index in [9.17, 15) is 28.5 Å². The van der Waals surface area contributed by atoms with Gasteiger partial charge in [0.05, 0.1) is 11.7 Å². The van der Waals surface area contributed by atoms with E-state index in [0.717, 1.165) is 31.8 Å². The van der Waals surface area contributed by atoms with E-state index in [0.29, 0.717) is 13.3 Å². The lowest BCUT2D eigenvalue weighted by atomic mass is 9.56. The minimum atomic E-state index is -4.85. The first-order valence-corrected chi connectivity index (χ1v) is 10.9. The molecule has 176 valence electrons. The van der Waals surface area contributed by atoms with Gasteiger partial charge in [-0.3, -0.25) is 0 Å². The van der Waals surface area contributed by atoms with Crippen molar-refractivity contribution in [2.45, 2.75) is 116 Å². The molecule has 0 amide bonds. The van der Waals surface area contributed by atoms with Crippen LogP contribution in [0.3, 0.4) is 0 Å². The number of alkyl halides is 3. The van der Waals surface area contributed by atoms with Crippen LogP contribution in [0.1, 0.15) is 100 Å². The Kier molecular flexibility index (Phi) is 5.22. The molecule has 2 rings (SSSR count). The maximum atomic E-state index is 13.2. The van der Waals surface area contributed by atoms with Crippen molar-refractivity contribution in [2.24, 2.45) is 22.7 Å². The van der Waals surface area contributed by atoms with Gasteiger partial charge in [0.1, 0.15) is 0 Å². The Morgan fingerprint density at radius 2 is 1.77 bits per heavy atom. The zero-order chi connectivity index (χ0) is 28.0. The Labute approximate surface area is 188 Å². The van der Waals surface area contributed by atoms with Crippen LogP contribution in [-0.4, -0.2) is 38.8 Å². The third-order valence-electron chi connectivity index (χ3n) is 7.82. The Morgan fingerprint density at radius 3 is 2.37 bits per heavy atom. The summed E-state index contributed by atoms with van der Waals surface area (Å²) in [5.74, 6) is 0.0126. The van der Waals surface area contributed by atoms with Crippen molar-refractivity contribution in [3.8, 4) is 0 Å². The number of aliphatic hydroxyl groups is 3. The third-order valence-corrected chi connectivity index (χ3v) is 7.82. The van der Waals surface area contributed by atoms with Crippen LogP contribution in [0.2, 0.25) is 0 Å². The molecule has 2 unspecified atom stereocenters. The maximum Gasteiger partial charge on any atom is 0.420 e. The van der Waals surface area contributed by atoms with Gasteiger partial charge in [0.15, 0.2) is 5.60 Å². The molecule has 0 aromatic heterocycles. The highest BCUT2D eigenvalue weighted by atomic mass is 19.4. The highest BCUT2D eigenvalue weighted by Gasteiger charge is 2.56. The fourth-order valence-electron chi connectivity index (χ4n) is 6.11. The lowest BCUT2D eigenvalue weighted by molar-refractivity contribution is -0.232. The Balaban J connectivity index is 2.35. The number of halogens is 3. The molecule has 2 aliphatic rings. The molecular formula is C24H41F3O3. The normalized spacial score (nSPS) is 38.4. The SMILES string of the molecule is [2H]C([2H])([2H])C(O)(CCC[C@](C)(C/C=C\C(C)(O)C(F)(F)F)[C@H]1CCC2[C@@H](O)CCC[C@@]21C)C([2H])([2H])[2H]. The zero-order valence-electron chi connectivity index (χ0n) is 24.2. The molecule has 6 heteroatoms. The number of fused-ring (bicyclic) bond motifs is 1. The van der Waals surface area contributed by atoms with Gasteiger partial charge in [0.2, 0.25) is 0 Å². The summed E-state index contributed by atoms with van der Waals surface area (Å²) < 4.78 is 85.1. The smallest absolute Gasteiger partial charge is 0.393 e. The molecule has 0 aliphatic heterocycles. The fourth-order valence-corrected chi connectivity index (χ4v) is 6.11. The first-order valence-electron chi connectivity index (χ1n) is 13.9. The van der Waals surface area contributed by atoms with E-state index in [-0.39, 0.29) is 36.5 Å². The molecule has 0 radical (unpaired) electrons. The number of hydrogen-bond acceptors (Lipinski definition) is 3. The molecule has 0 aromatic carbocycles. The molecule has 2 fully saturated rings. The van der Waals surface area contributed by atoms with Crippen molar-refractivity contribution in [1.29, 1.82) is 0 Å². The van der Waals surface area contributed by atoms with Crippen LogP contribution >= 0.6 is 0 Å². The van der Waals surface area contributed by atoms with E-state index in [1.807, 2.05) is 6.92 Å². The maximum absolute atomic E-state index is 13.2. The van der Waals surface area contributed by atoms with Crippen molar-refractivity contribution in [3.63, 3.8) is 0 Å². The van der Waals surface area contributed by atoms with Crippen molar-refractivity contribution in [1.82, 2.24) is 0 Å². The largest absolute Gasteiger partial charge is 0.420 e. The van der Waals surface area contributed by atoms with E-state index in [1.165, 1.54) is 6.08 Å². The summed E-state index contributed by atoms with van der Waals surface area (Å²) in [6.07, 6.45) is 0.460. The van der Waals surface area contributed by atoms with E-state index < -0.39 is 49.0 Å². The van der Waals surface area contributed by atoms with Crippen LogP contribution in [0.15, 0.2) is 12.2 Å². The first kappa shape index (κ1) is 17.9. The Morgan fingerprint density at radius 1 is 1.10 bits per heavy atom. The lowest BCUT2D eigenvalue weighted by Gasteiger charge is -2.50. The summed E-state index contributed by atoms with van der Waals surface area (Å²) in [5.41, 5.74) is -6.88. The second-order valence-electron chi connectivity index (χ2n) is 10.3. The van der Waals surface area contributed by atoms with Crippen molar-refractivity contribution in [2.75, 3.05) is 0 Å². The number of hydrogen-bond donors (Lipinski definition) is 3. The van der Waals surface area contributed by atoms with Crippen LogP contribution in [0.4, 0.5) is 13.2 Å². The molecule has 0 heterocycles. The summed E-state index contributed by atoms with van der Waals surface area (Å²) in [7, 11) is 0. The molecule has 3 N–H and O–H groups in total. The van der Waals surface area contributed by atoms with E-state index in [1.54, 1.807) is 0 Å². The summed E-state index contributed by atoms with van der Waals surface area (Å²) in [4.78, 5) is 0. The van der Waals surface area contributed by atoms with Crippen LogP contribution in [0.5, 0.6) is 0 Å². The second-order valence-corrected chi connectivity index (χ2v) is 10.3. The molecular weight excluding hydrogens is 393 g/mol. The van der Waals surface area contributed by atoms with Crippen molar-refractivity contribution >= 4 is 0 Å². The first-order chi connectivity index (χ1) is 16.0. The predicted octanol–water partition coefficient (Wildman–Crippen LogP) is 5.77. The van der Waals surface area contributed by atoms with Crippen LogP contribution in [0, 0.1) is 22.7 Å². The van der Waals surface area contributed by atoms with Gasteiger partial charge in [-0.1, -0.05) is 32.8 Å². The molecule has 6 atom stereocenters. The average Bonchev–Trinajstić information content (AvgIpc) is 3.04. The van der Waals surface area contributed by atoms with Gasteiger partial charge in [0, 0.05) is 8.22 Å². The minimum Gasteiger partial charge on any atom is -0.393 e. The van der Waals surface area contributed by atoms with Gasteiger partial charge in [-0.2, -0.15) is 13.2 Å². The van der Waals surface area contributed by atoms with Gasteiger partial charge in [-0.15, -0.1) is 0 Å². The third kappa shape index (κ3) is 5.60. The van der Waals surface area contributed by atoms with Crippen LogP contribution in [-0.2, 0) is 0 Å². The van der Waals surface area contributed by atoms with Gasteiger partial charge < -0.3 is 15.3 Å². The second kappa shape index (κ2) is 8.74. The number of aliphatic hydroxyl groups excluding tert-OH is 1. The fraction of sp³-hybridized carbons (Fsp3) is 0.917. The molecule has 2 aliphatic carbocycles. The standard InChI is InChI=1S/C24H41F3O3/c1-20(2,29)12-7-13-21(3,14-8-16-23(5,30)24(25,26)27)19-11-10-17-18(28)9-6-15-22(17,19)4/h8,16-19,28-30H,6-7,9-15H2,1-5H3/b16-8-/t17?,18-,19+,21+,22-,23?/m0/s1/i1D3,2D3. The average molecular weight is 441 g/mol. The van der Waals surface area contributed by atoms with E-state index >= 15 is 0 Å². The van der Waals surface area contributed by atoms with Crippen LogP contribution < -0.4 is 0 Å². The summed E-state index contributed by atoms with van der Waals surface area (Å²) >= 11 is 0. The molecule has 0 bridgehead atoms. The van der Waals surface area contributed by atoms with Crippen molar-refractivity contribution < 1.29 is 36.7 Å². The molecule has 30 heavy (non-hydrogen) atoms. The van der Waals surface area contributed by atoms with Crippen molar-refractivity contribution in [3.05, 3.63) is 12.2 Å². The molecule has 0 spiro atoms. The highest BCUT2D eigenvalue weighted by Crippen LogP contribution is 2.62. The monoisotopic (exact) mass is 440 g/mol.